The number of nitrogens with one attached hydrogen (secondary N) is 1. The monoisotopic (exact) mass is 326 g/mol. The second-order valence-electron chi connectivity index (χ2n) is 6.19. The topological polar surface area (TPSA) is 78.7 Å². The Morgan fingerprint density at radius 3 is 2.79 bits per heavy atom. The van der Waals surface area contributed by atoms with Crippen molar-refractivity contribution in [3.63, 3.8) is 0 Å². The number of amides is 2. The lowest BCUT2D eigenvalue weighted by molar-refractivity contribution is 0.0581. The zero-order valence-corrected chi connectivity index (χ0v) is 13.4. The van der Waals surface area contributed by atoms with Gasteiger partial charge in [0.15, 0.2) is 5.76 Å². The van der Waals surface area contributed by atoms with Gasteiger partial charge in [-0.2, -0.15) is 0 Å². The van der Waals surface area contributed by atoms with Gasteiger partial charge in [-0.05, 0) is 24.3 Å². The third kappa shape index (κ3) is 2.16. The van der Waals surface area contributed by atoms with Crippen molar-refractivity contribution in [2.45, 2.75) is 18.5 Å². The molecular formula is C17H18N4O3. The van der Waals surface area contributed by atoms with E-state index in [1.54, 1.807) is 35.4 Å². The molecule has 124 valence electrons. The molecule has 4 heterocycles. The fourth-order valence-corrected chi connectivity index (χ4v) is 3.50. The first-order valence-corrected chi connectivity index (χ1v) is 7.95. The molecule has 2 amide bonds. The number of pyridine rings is 1. The Bertz CT molecular complexity index is 779. The molecule has 0 radical (unpaired) electrons. The lowest BCUT2D eigenvalue weighted by Crippen LogP contribution is -2.67. The van der Waals surface area contributed by atoms with E-state index in [9.17, 15) is 9.59 Å². The first-order valence-electron chi connectivity index (χ1n) is 7.95. The highest BCUT2D eigenvalue weighted by Gasteiger charge is 2.45. The molecule has 2 aromatic rings. The third-order valence-corrected chi connectivity index (χ3v) is 4.95. The van der Waals surface area contributed by atoms with Crippen LogP contribution in [0, 0.1) is 0 Å². The zero-order valence-electron chi connectivity index (χ0n) is 13.4. The van der Waals surface area contributed by atoms with Crippen molar-refractivity contribution in [1.82, 2.24) is 15.2 Å². The number of nitrogens with zero attached hydrogens (tertiary/aromatic N) is 3. The molecule has 0 saturated carbocycles. The van der Waals surface area contributed by atoms with Gasteiger partial charge in [0.05, 0.1) is 11.8 Å². The first kappa shape index (κ1) is 14.7. The van der Waals surface area contributed by atoms with Crippen LogP contribution in [-0.2, 0) is 0 Å². The Labute approximate surface area is 139 Å². The van der Waals surface area contributed by atoms with Crippen LogP contribution in [-0.4, -0.2) is 47.5 Å². The van der Waals surface area contributed by atoms with Crippen LogP contribution < -0.4 is 10.2 Å². The van der Waals surface area contributed by atoms with Crippen LogP contribution in [0.2, 0.25) is 0 Å². The molecule has 0 unspecified atom stereocenters. The second kappa shape index (κ2) is 5.36. The molecule has 7 nitrogen and oxygen atoms in total. The van der Waals surface area contributed by atoms with Crippen molar-refractivity contribution in [1.29, 1.82) is 0 Å². The van der Waals surface area contributed by atoms with Crippen LogP contribution in [0.5, 0.6) is 0 Å². The predicted molar refractivity (Wildman–Crippen MR) is 86.7 cm³/mol. The largest absolute Gasteiger partial charge is 0.459 e. The number of hydrogen-bond acceptors (Lipinski definition) is 5. The van der Waals surface area contributed by atoms with Crippen molar-refractivity contribution in [3.8, 4) is 0 Å². The smallest absolute Gasteiger partial charge is 0.289 e. The normalized spacial score (nSPS) is 19.1. The summed E-state index contributed by atoms with van der Waals surface area (Å²) in [6.45, 7) is 1.10. The molecule has 0 atom stereocenters. The highest BCUT2D eigenvalue weighted by molar-refractivity contribution is 6.01. The summed E-state index contributed by atoms with van der Waals surface area (Å²) in [4.78, 5) is 33.0. The number of carbonyl (C=O) groups excluding carboxylic acids is 2. The van der Waals surface area contributed by atoms with Gasteiger partial charge >= 0.3 is 0 Å². The van der Waals surface area contributed by atoms with Crippen molar-refractivity contribution in [2.75, 3.05) is 25.0 Å². The summed E-state index contributed by atoms with van der Waals surface area (Å²) in [6.07, 6.45) is 4.46. The number of aromatic nitrogens is 1. The number of likely N-dealkylation sites (tertiary alicyclic amines) is 1. The Balaban J connectivity index is 1.55. The van der Waals surface area contributed by atoms with Gasteiger partial charge in [-0.15, -0.1) is 0 Å². The molecule has 2 aliphatic rings. The third-order valence-electron chi connectivity index (χ3n) is 4.95. The van der Waals surface area contributed by atoms with E-state index in [0.717, 1.165) is 0 Å². The van der Waals surface area contributed by atoms with Gasteiger partial charge in [0.1, 0.15) is 11.5 Å². The number of furan rings is 1. The maximum atomic E-state index is 12.4. The predicted octanol–water partition coefficient (Wildman–Crippen LogP) is 1.49. The van der Waals surface area contributed by atoms with Crippen molar-refractivity contribution >= 4 is 17.6 Å². The molecule has 7 heteroatoms. The van der Waals surface area contributed by atoms with Gasteiger partial charge in [0.25, 0.3) is 11.8 Å². The van der Waals surface area contributed by atoms with Crippen LogP contribution in [0.3, 0.4) is 0 Å². The summed E-state index contributed by atoms with van der Waals surface area (Å²) in [6, 6.07) is 6.91. The minimum Gasteiger partial charge on any atom is -0.459 e. The molecule has 4 rings (SSSR count). The summed E-state index contributed by atoms with van der Waals surface area (Å²) in [5, 5.41) is 3.12. The van der Waals surface area contributed by atoms with E-state index < -0.39 is 5.66 Å². The van der Waals surface area contributed by atoms with Crippen LogP contribution >= 0.6 is 0 Å². The van der Waals surface area contributed by atoms with Crippen LogP contribution in [0.15, 0.2) is 41.1 Å². The van der Waals surface area contributed by atoms with Gasteiger partial charge in [0, 0.05) is 39.2 Å². The van der Waals surface area contributed by atoms with Gasteiger partial charge in [-0.25, -0.2) is 4.98 Å². The maximum absolute atomic E-state index is 12.4. The molecule has 1 saturated heterocycles. The average molecular weight is 326 g/mol. The Morgan fingerprint density at radius 2 is 2.08 bits per heavy atom. The minimum atomic E-state index is -0.502. The molecule has 1 fully saturated rings. The molecule has 1 spiro atoms. The average Bonchev–Trinajstić information content (AvgIpc) is 3.15. The Hall–Kier alpha value is -2.83. The summed E-state index contributed by atoms with van der Waals surface area (Å²) in [5.74, 6) is 0.811. The van der Waals surface area contributed by atoms with Gasteiger partial charge < -0.3 is 19.5 Å². The standard InChI is InChI=1S/C17H18N4O3/c1-20-14-12(4-2-8-18-14)15(22)19-17(20)6-9-21(10-7-17)16(23)13-5-3-11-24-13/h2-5,8,11H,6-7,9-10H2,1H3,(H,19,22). The summed E-state index contributed by atoms with van der Waals surface area (Å²) < 4.78 is 5.19. The highest BCUT2D eigenvalue weighted by atomic mass is 16.3. The number of piperidine rings is 1. The first-order chi connectivity index (χ1) is 11.6. The maximum Gasteiger partial charge on any atom is 0.289 e. The number of fused-ring (bicyclic) bond motifs is 1. The fourth-order valence-electron chi connectivity index (χ4n) is 3.50. The molecule has 1 N–H and O–H groups in total. The van der Waals surface area contributed by atoms with E-state index in [4.69, 9.17) is 4.42 Å². The van der Waals surface area contributed by atoms with E-state index >= 15 is 0 Å². The number of hydrogen-bond donors (Lipinski definition) is 1. The summed E-state index contributed by atoms with van der Waals surface area (Å²) in [7, 11) is 1.94. The molecule has 2 aromatic heterocycles. The number of anilines is 1. The zero-order chi connectivity index (χ0) is 16.7. The summed E-state index contributed by atoms with van der Waals surface area (Å²) in [5.41, 5.74) is 0.0815. The van der Waals surface area contributed by atoms with Crippen molar-refractivity contribution in [2.24, 2.45) is 0 Å². The molecule has 0 aliphatic carbocycles. The SMILES string of the molecule is CN1c2ncccc2C(=O)NC12CCN(C(=O)c1ccco1)CC2. The van der Waals surface area contributed by atoms with Crippen molar-refractivity contribution in [3.05, 3.63) is 48.0 Å². The molecule has 0 aromatic carbocycles. The van der Waals surface area contributed by atoms with Crippen LogP contribution in [0.4, 0.5) is 5.82 Å². The van der Waals surface area contributed by atoms with Crippen molar-refractivity contribution < 1.29 is 14.0 Å². The van der Waals surface area contributed by atoms with Gasteiger partial charge in [-0.1, -0.05) is 0 Å². The Kier molecular flexibility index (Phi) is 3.30. The Morgan fingerprint density at radius 1 is 1.29 bits per heavy atom. The number of carbonyl (C=O) groups is 2. The molecule has 0 bridgehead atoms. The van der Waals surface area contributed by atoms with E-state index in [0.29, 0.717) is 43.1 Å². The van der Waals surface area contributed by atoms with Crippen LogP contribution in [0.1, 0.15) is 33.8 Å². The van der Waals surface area contributed by atoms with E-state index in [-0.39, 0.29) is 11.8 Å². The molecule has 24 heavy (non-hydrogen) atoms. The second-order valence-corrected chi connectivity index (χ2v) is 6.19. The summed E-state index contributed by atoms with van der Waals surface area (Å²) >= 11 is 0. The minimum absolute atomic E-state index is 0.109. The van der Waals surface area contributed by atoms with Crippen LogP contribution in [0.25, 0.3) is 0 Å². The van der Waals surface area contributed by atoms with E-state index in [1.165, 1.54) is 6.26 Å². The fraction of sp³-hybridized carbons (Fsp3) is 0.353. The lowest BCUT2D eigenvalue weighted by Gasteiger charge is -2.50. The van der Waals surface area contributed by atoms with Gasteiger partial charge in [-0.3, -0.25) is 9.59 Å². The highest BCUT2D eigenvalue weighted by Crippen LogP contribution is 2.34. The van der Waals surface area contributed by atoms with E-state index in [2.05, 4.69) is 10.3 Å². The van der Waals surface area contributed by atoms with Gasteiger partial charge in [0.2, 0.25) is 0 Å². The lowest BCUT2D eigenvalue weighted by atomic mass is 9.91. The molecular weight excluding hydrogens is 308 g/mol. The quantitative estimate of drug-likeness (QED) is 0.859. The number of rotatable bonds is 1. The van der Waals surface area contributed by atoms with E-state index in [1.807, 2.05) is 11.9 Å². The molecule has 2 aliphatic heterocycles.